The van der Waals surface area contributed by atoms with Crippen molar-refractivity contribution in [3.05, 3.63) is 42.0 Å². The molecule has 11 nitrogen and oxygen atoms in total. The number of aromatic nitrogens is 2. The van der Waals surface area contributed by atoms with Crippen LogP contribution in [0.4, 0.5) is 5.13 Å². The molecule has 1 saturated heterocycles. The third-order valence-electron chi connectivity index (χ3n) is 7.58. The van der Waals surface area contributed by atoms with E-state index in [2.05, 4.69) is 20.0 Å². The summed E-state index contributed by atoms with van der Waals surface area (Å²) in [5.74, 6) is -0.528. The van der Waals surface area contributed by atoms with E-state index in [4.69, 9.17) is 9.84 Å². The maximum Gasteiger partial charge on any atom is 0.317 e. The average molecular weight is 588 g/mol. The number of likely N-dealkylation sites (tertiary alicyclic amines) is 1. The minimum atomic E-state index is -3.74. The van der Waals surface area contributed by atoms with Crippen molar-refractivity contribution in [1.29, 1.82) is 0 Å². The Kier molecular flexibility index (Phi) is 8.64. The van der Waals surface area contributed by atoms with Crippen LogP contribution in [-0.2, 0) is 19.6 Å². The molecular formula is C27H33N5O6S2. The van der Waals surface area contributed by atoms with Crippen LogP contribution < -0.4 is 14.8 Å². The van der Waals surface area contributed by atoms with Crippen molar-refractivity contribution in [2.75, 3.05) is 38.6 Å². The maximum atomic E-state index is 13.5. The van der Waals surface area contributed by atoms with E-state index in [0.29, 0.717) is 46.8 Å². The number of ether oxygens (including phenoxy) is 1. The Bertz CT molecular complexity index is 1460. The number of aliphatic carboxylic acids is 1. The molecule has 2 aliphatic rings. The number of fused-ring (bicyclic) bond motifs is 1. The van der Waals surface area contributed by atoms with Crippen molar-refractivity contribution >= 4 is 48.7 Å². The van der Waals surface area contributed by atoms with Gasteiger partial charge in [0.05, 0.1) is 24.5 Å². The molecular weight excluding hydrogens is 554 g/mol. The van der Waals surface area contributed by atoms with Gasteiger partial charge in [-0.2, -0.15) is 0 Å². The Labute approximate surface area is 237 Å². The number of hydrogen-bond donors (Lipinski definition) is 3. The Morgan fingerprint density at radius 1 is 1.10 bits per heavy atom. The van der Waals surface area contributed by atoms with Crippen molar-refractivity contribution in [2.24, 2.45) is 11.8 Å². The summed E-state index contributed by atoms with van der Waals surface area (Å²) in [5.41, 5.74) is 1.43. The van der Waals surface area contributed by atoms with Gasteiger partial charge in [-0.05, 0) is 42.0 Å². The van der Waals surface area contributed by atoms with Crippen molar-refractivity contribution in [3.63, 3.8) is 0 Å². The van der Waals surface area contributed by atoms with E-state index < -0.39 is 21.9 Å². The van der Waals surface area contributed by atoms with Crippen LogP contribution in [0, 0.1) is 11.8 Å². The molecule has 40 heavy (non-hydrogen) atoms. The van der Waals surface area contributed by atoms with E-state index >= 15 is 0 Å². The van der Waals surface area contributed by atoms with E-state index in [0.717, 1.165) is 31.2 Å². The zero-order chi connectivity index (χ0) is 28.3. The number of thiazole rings is 1. The van der Waals surface area contributed by atoms with Crippen LogP contribution in [0.2, 0.25) is 0 Å². The number of pyridine rings is 1. The van der Waals surface area contributed by atoms with Crippen molar-refractivity contribution in [3.8, 4) is 5.88 Å². The van der Waals surface area contributed by atoms with Crippen LogP contribution in [0.5, 0.6) is 5.88 Å². The zero-order valence-electron chi connectivity index (χ0n) is 22.2. The fraction of sp³-hybridized carbons (Fsp3) is 0.481. The predicted octanol–water partition coefficient (Wildman–Crippen LogP) is 3.30. The molecule has 0 spiro atoms. The second-order valence-electron chi connectivity index (χ2n) is 10.5. The first-order valence-corrected chi connectivity index (χ1v) is 15.7. The highest BCUT2D eigenvalue weighted by Gasteiger charge is 2.30. The van der Waals surface area contributed by atoms with Gasteiger partial charge in [-0.1, -0.05) is 49.2 Å². The van der Waals surface area contributed by atoms with Crippen molar-refractivity contribution in [2.45, 2.75) is 42.9 Å². The lowest BCUT2D eigenvalue weighted by Crippen LogP contribution is -2.52. The number of sulfonamides is 1. The summed E-state index contributed by atoms with van der Waals surface area (Å²) >= 11 is 1.28. The maximum absolute atomic E-state index is 13.5. The van der Waals surface area contributed by atoms with Crippen LogP contribution in [0.25, 0.3) is 10.3 Å². The summed E-state index contributed by atoms with van der Waals surface area (Å²) in [5, 5.41) is 12.3. The molecule has 2 aromatic heterocycles. The SMILES string of the molecule is COc1ccc2nc(NC(=O)C(CC3CCCC3)c3ccc(S(=O)(=O)NCC4CN(CC(=O)O)C4)cc3)sc2n1. The number of amides is 1. The summed E-state index contributed by atoms with van der Waals surface area (Å²) in [7, 11) is -2.19. The van der Waals surface area contributed by atoms with Crippen LogP contribution in [0.1, 0.15) is 43.6 Å². The Balaban J connectivity index is 1.26. The number of rotatable bonds is 12. The van der Waals surface area contributed by atoms with Crippen molar-refractivity contribution in [1.82, 2.24) is 19.6 Å². The molecule has 1 saturated carbocycles. The molecule has 3 N–H and O–H groups in total. The monoisotopic (exact) mass is 587 g/mol. The third-order valence-corrected chi connectivity index (χ3v) is 9.90. The molecule has 0 bridgehead atoms. The van der Waals surface area contributed by atoms with Gasteiger partial charge in [0.15, 0.2) is 5.13 Å². The molecule has 1 aliphatic carbocycles. The molecule has 3 heterocycles. The lowest BCUT2D eigenvalue weighted by molar-refractivity contribution is -0.140. The van der Waals surface area contributed by atoms with E-state index in [1.807, 2.05) is 0 Å². The van der Waals surface area contributed by atoms with Crippen molar-refractivity contribution < 1.29 is 27.9 Å². The van der Waals surface area contributed by atoms with Crippen LogP contribution in [0.15, 0.2) is 41.3 Å². The Hall–Kier alpha value is -3.13. The van der Waals surface area contributed by atoms with Gasteiger partial charge in [0, 0.05) is 25.7 Å². The summed E-state index contributed by atoms with van der Waals surface area (Å²) in [4.78, 5) is 35.8. The molecule has 214 valence electrons. The number of methoxy groups -OCH3 is 1. The second kappa shape index (κ2) is 12.2. The highest BCUT2D eigenvalue weighted by molar-refractivity contribution is 7.89. The van der Waals surface area contributed by atoms with E-state index in [-0.39, 0.29) is 29.8 Å². The third kappa shape index (κ3) is 6.77. The minimum absolute atomic E-state index is 0.0368. The number of anilines is 1. The Morgan fingerprint density at radius 2 is 1.82 bits per heavy atom. The first-order valence-electron chi connectivity index (χ1n) is 13.4. The van der Waals surface area contributed by atoms with E-state index in [9.17, 15) is 18.0 Å². The standard InChI is InChI=1S/C27H33N5O6S2/c1-38-23-11-10-22-26(30-23)39-27(29-22)31-25(35)21(12-17-4-2-3-5-17)19-6-8-20(9-7-19)40(36,37)28-13-18-14-32(15-18)16-24(33)34/h6-11,17-18,21,28H,2-5,12-16H2,1H3,(H,33,34)(H,29,31,35). The van der Waals surface area contributed by atoms with Gasteiger partial charge in [0.25, 0.3) is 0 Å². The van der Waals surface area contributed by atoms with Gasteiger partial charge in [0.2, 0.25) is 21.8 Å². The number of nitrogens with zero attached hydrogens (tertiary/aromatic N) is 3. The first-order chi connectivity index (χ1) is 19.2. The number of carboxylic acids is 1. The van der Waals surface area contributed by atoms with Crippen LogP contribution in [-0.4, -0.2) is 73.6 Å². The number of carbonyl (C=O) groups is 2. The number of carboxylic acid groups (broad SMARTS) is 1. The smallest absolute Gasteiger partial charge is 0.317 e. The molecule has 1 aromatic carbocycles. The van der Waals surface area contributed by atoms with Gasteiger partial charge in [0.1, 0.15) is 10.3 Å². The molecule has 1 unspecified atom stereocenters. The number of hydrogen-bond acceptors (Lipinski definition) is 9. The molecule has 2 fully saturated rings. The highest BCUT2D eigenvalue weighted by atomic mass is 32.2. The lowest BCUT2D eigenvalue weighted by Gasteiger charge is -2.38. The summed E-state index contributed by atoms with van der Waals surface area (Å²) in [6.45, 7) is 1.30. The van der Waals surface area contributed by atoms with E-state index in [1.54, 1.807) is 36.3 Å². The molecule has 1 amide bonds. The lowest BCUT2D eigenvalue weighted by atomic mass is 9.87. The Morgan fingerprint density at radius 3 is 2.50 bits per heavy atom. The van der Waals surface area contributed by atoms with Gasteiger partial charge in [-0.15, -0.1) is 0 Å². The fourth-order valence-electron chi connectivity index (χ4n) is 5.45. The molecule has 1 aliphatic heterocycles. The normalized spacial score (nSPS) is 17.5. The summed E-state index contributed by atoms with van der Waals surface area (Å²) in [6.07, 6.45) is 5.15. The average Bonchev–Trinajstić information content (AvgIpc) is 3.57. The van der Waals surface area contributed by atoms with E-state index in [1.165, 1.54) is 23.5 Å². The quantitative estimate of drug-likeness (QED) is 0.290. The molecule has 3 aromatic rings. The van der Waals surface area contributed by atoms with Gasteiger partial charge in [-0.3, -0.25) is 14.5 Å². The first kappa shape index (κ1) is 28.4. The largest absolute Gasteiger partial charge is 0.481 e. The molecule has 1 atom stereocenters. The predicted molar refractivity (Wildman–Crippen MR) is 151 cm³/mol. The number of carbonyl (C=O) groups excluding carboxylic acids is 1. The van der Waals surface area contributed by atoms with Gasteiger partial charge < -0.3 is 15.2 Å². The second-order valence-corrected chi connectivity index (χ2v) is 13.2. The highest BCUT2D eigenvalue weighted by Crippen LogP contribution is 2.36. The fourth-order valence-corrected chi connectivity index (χ4v) is 7.40. The van der Waals surface area contributed by atoms with Crippen LogP contribution >= 0.6 is 11.3 Å². The van der Waals surface area contributed by atoms with Gasteiger partial charge >= 0.3 is 5.97 Å². The van der Waals surface area contributed by atoms with Crippen LogP contribution in [0.3, 0.4) is 0 Å². The van der Waals surface area contributed by atoms with Gasteiger partial charge in [-0.25, -0.2) is 23.1 Å². The summed E-state index contributed by atoms with van der Waals surface area (Å²) < 4.78 is 33.6. The number of nitrogens with one attached hydrogen (secondary N) is 2. The molecule has 5 rings (SSSR count). The zero-order valence-corrected chi connectivity index (χ0v) is 23.8. The number of benzene rings is 1. The topological polar surface area (TPSA) is 151 Å². The summed E-state index contributed by atoms with van der Waals surface area (Å²) in [6, 6.07) is 10.0. The minimum Gasteiger partial charge on any atom is -0.481 e. The molecule has 13 heteroatoms. The molecule has 0 radical (unpaired) electrons.